The number of rotatable bonds is 6. The lowest BCUT2D eigenvalue weighted by atomic mass is 10.1. The van der Waals surface area contributed by atoms with Crippen molar-refractivity contribution in [2.75, 3.05) is 14.2 Å². The molecule has 0 saturated heterocycles. The molecule has 0 amide bonds. The minimum absolute atomic E-state index is 0.179. The molecule has 0 aliphatic rings. The van der Waals surface area contributed by atoms with Crippen LogP contribution in [-0.4, -0.2) is 20.2 Å². The fourth-order valence-corrected chi connectivity index (χ4v) is 2.75. The lowest BCUT2D eigenvalue weighted by Gasteiger charge is -2.12. The van der Waals surface area contributed by atoms with Crippen LogP contribution in [0.15, 0.2) is 57.8 Å². The molecule has 0 radical (unpaired) electrons. The first-order chi connectivity index (χ1) is 13.5. The molecule has 6 heteroatoms. The summed E-state index contributed by atoms with van der Waals surface area (Å²) in [6, 6.07) is 12.4. The van der Waals surface area contributed by atoms with Crippen molar-refractivity contribution in [1.82, 2.24) is 0 Å². The Morgan fingerprint density at radius 2 is 1.89 bits per heavy atom. The van der Waals surface area contributed by atoms with Crippen LogP contribution in [0, 0.1) is 6.92 Å². The van der Waals surface area contributed by atoms with Gasteiger partial charge in [-0.05, 0) is 42.3 Å². The van der Waals surface area contributed by atoms with Crippen molar-refractivity contribution in [2.45, 2.75) is 13.5 Å². The van der Waals surface area contributed by atoms with E-state index in [-0.39, 0.29) is 6.61 Å². The summed E-state index contributed by atoms with van der Waals surface area (Å²) in [5, 5.41) is 0.821. The van der Waals surface area contributed by atoms with Gasteiger partial charge in [-0.2, -0.15) is 0 Å². The van der Waals surface area contributed by atoms with E-state index in [4.69, 9.17) is 13.9 Å². The van der Waals surface area contributed by atoms with Crippen LogP contribution in [0.3, 0.4) is 0 Å². The second kappa shape index (κ2) is 8.43. The second-order valence-corrected chi connectivity index (χ2v) is 6.15. The first kappa shape index (κ1) is 19.2. The van der Waals surface area contributed by atoms with E-state index in [0.717, 1.165) is 22.1 Å². The maximum absolute atomic E-state index is 11.9. The van der Waals surface area contributed by atoms with Gasteiger partial charge in [0.25, 0.3) is 0 Å². The largest absolute Gasteiger partial charge is 0.493 e. The van der Waals surface area contributed by atoms with E-state index in [2.05, 4.69) is 4.74 Å². The molecule has 0 N–H and O–H groups in total. The van der Waals surface area contributed by atoms with E-state index >= 15 is 0 Å². The molecule has 6 nitrogen and oxygen atoms in total. The van der Waals surface area contributed by atoms with Gasteiger partial charge in [-0.1, -0.05) is 18.2 Å². The van der Waals surface area contributed by atoms with E-state index in [1.54, 1.807) is 24.3 Å². The van der Waals surface area contributed by atoms with Crippen molar-refractivity contribution in [2.24, 2.45) is 0 Å². The van der Waals surface area contributed by atoms with Crippen LogP contribution in [0.4, 0.5) is 0 Å². The molecule has 3 rings (SSSR count). The first-order valence-corrected chi connectivity index (χ1v) is 8.60. The van der Waals surface area contributed by atoms with Crippen molar-refractivity contribution in [3.63, 3.8) is 0 Å². The highest BCUT2D eigenvalue weighted by Crippen LogP contribution is 2.30. The number of ether oxygens (including phenoxy) is 3. The summed E-state index contributed by atoms with van der Waals surface area (Å²) in [5.41, 5.74) is 2.60. The Hall–Kier alpha value is -3.54. The van der Waals surface area contributed by atoms with Crippen LogP contribution in [0.5, 0.6) is 11.5 Å². The van der Waals surface area contributed by atoms with Gasteiger partial charge in [-0.25, -0.2) is 9.59 Å². The highest BCUT2D eigenvalue weighted by atomic mass is 16.5. The molecule has 0 saturated carbocycles. The van der Waals surface area contributed by atoms with Gasteiger partial charge < -0.3 is 18.6 Å². The Bertz CT molecular complexity index is 1090. The molecule has 2 aromatic carbocycles. The number of benzene rings is 2. The quantitative estimate of drug-likeness (QED) is 0.367. The van der Waals surface area contributed by atoms with Crippen LogP contribution in [0.1, 0.15) is 16.7 Å². The third-order valence-electron chi connectivity index (χ3n) is 4.17. The first-order valence-electron chi connectivity index (χ1n) is 8.60. The van der Waals surface area contributed by atoms with E-state index < -0.39 is 11.6 Å². The number of esters is 1. The average molecular weight is 380 g/mol. The van der Waals surface area contributed by atoms with E-state index in [1.807, 2.05) is 25.1 Å². The minimum atomic E-state index is -0.440. The van der Waals surface area contributed by atoms with Crippen molar-refractivity contribution < 1.29 is 23.4 Å². The van der Waals surface area contributed by atoms with Crippen molar-refractivity contribution >= 4 is 23.0 Å². The Kier molecular flexibility index (Phi) is 5.79. The zero-order chi connectivity index (χ0) is 20.1. The molecule has 0 atom stereocenters. The summed E-state index contributed by atoms with van der Waals surface area (Å²) in [6.45, 7) is 2.11. The number of methoxy groups -OCH3 is 2. The molecular weight excluding hydrogens is 360 g/mol. The minimum Gasteiger partial charge on any atom is -0.493 e. The van der Waals surface area contributed by atoms with Gasteiger partial charge in [-0.15, -0.1) is 0 Å². The summed E-state index contributed by atoms with van der Waals surface area (Å²) in [4.78, 5) is 23.1. The molecule has 1 heterocycles. The molecule has 0 bridgehead atoms. The smallest absolute Gasteiger partial charge is 0.336 e. The second-order valence-electron chi connectivity index (χ2n) is 6.15. The molecule has 0 unspecified atom stereocenters. The van der Waals surface area contributed by atoms with Gasteiger partial charge in [-0.3, -0.25) is 0 Å². The van der Waals surface area contributed by atoms with E-state index in [0.29, 0.717) is 17.1 Å². The van der Waals surface area contributed by atoms with Crippen molar-refractivity contribution in [3.05, 3.63) is 75.7 Å². The monoisotopic (exact) mass is 380 g/mol. The lowest BCUT2D eigenvalue weighted by Crippen LogP contribution is -2.04. The number of aryl methyl sites for hydroxylation is 1. The highest BCUT2D eigenvalue weighted by Gasteiger charge is 2.10. The number of hydrogen-bond donors (Lipinski definition) is 0. The van der Waals surface area contributed by atoms with Gasteiger partial charge in [0.1, 0.15) is 12.2 Å². The average Bonchev–Trinajstić information content (AvgIpc) is 2.69. The number of carbonyl (C=O) groups excluding carboxylic acids is 1. The topological polar surface area (TPSA) is 75.0 Å². The van der Waals surface area contributed by atoms with E-state index in [9.17, 15) is 9.59 Å². The van der Waals surface area contributed by atoms with E-state index in [1.165, 1.54) is 26.4 Å². The summed E-state index contributed by atoms with van der Waals surface area (Å²) in [7, 11) is 2.85. The van der Waals surface area contributed by atoms with Crippen LogP contribution >= 0.6 is 0 Å². The zero-order valence-electron chi connectivity index (χ0n) is 15.9. The Balaban J connectivity index is 1.85. The maximum Gasteiger partial charge on any atom is 0.336 e. The molecule has 0 fully saturated rings. The Morgan fingerprint density at radius 1 is 1.07 bits per heavy atom. The third-order valence-corrected chi connectivity index (χ3v) is 4.17. The van der Waals surface area contributed by atoms with Crippen LogP contribution in [-0.2, 0) is 16.1 Å². The summed E-state index contributed by atoms with van der Waals surface area (Å²) in [5.74, 6) is 0.589. The van der Waals surface area contributed by atoms with Gasteiger partial charge in [0.15, 0.2) is 11.5 Å². The van der Waals surface area contributed by atoms with Crippen molar-refractivity contribution in [1.29, 1.82) is 0 Å². The van der Waals surface area contributed by atoms with Crippen LogP contribution in [0.25, 0.3) is 17.0 Å². The molecule has 0 aliphatic carbocycles. The maximum atomic E-state index is 11.9. The molecule has 28 heavy (non-hydrogen) atoms. The molecular formula is C22H20O6. The summed E-state index contributed by atoms with van der Waals surface area (Å²) < 4.78 is 21.1. The van der Waals surface area contributed by atoms with Crippen LogP contribution in [0.2, 0.25) is 0 Å². The fourth-order valence-electron chi connectivity index (χ4n) is 2.75. The molecule has 1 aromatic heterocycles. The van der Waals surface area contributed by atoms with Crippen LogP contribution < -0.4 is 15.1 Å². The normalized spacial score (nSPS) is 11.0. The van der Waals surface area contributed by atoms with Gasteiger partial charge in [0, 0.05) is 23.1 Å². The predicted molar refractivity (Wildman–Crippen MR) is 106 cm³/mol. The van der Waals surface area contributed by atoms with Gasteiger partial charge in [0.2, 0.25) is 0 Å². The molecule has 3 aromatic rings. The molecule has 144 valence electrons. The fraction of sp³-hybridized carbons (Fsp3) is 0.182. The van der Waals surface area contributed by atoms with Gasteiger partial charge in [0.05, 0.1) is 14.2 Å². The summed E-state index contributed by atoms with van der Waals surface area (Å²) >= 11 is 0. The van der Waals surface area contributed by atoms with Crippen molar-refractivity contribution in [3.8, 4) is 11.5 Å². The predicted octanol–water partition coefficient (Wildman–Crippen LogP) is 3.88. The number of fused-ring (bicyclic) bond motifs is 1. The molecule has 0 spiro atoms. The Labute approximate surface area is 162 Å². The zero-order valence-corrected chi connectivity index (χ0v) is 15.9. The SMILES string of the molecule is COC(=O)/C=C/c1ccc(OCc2cc(=O)oc3cc(C)ccc23)c(OC)c1. The standard InChI is InChI=1S/C22H20O6/c1-14-4-7-17-16(12-22(24)28-19(17)10-14)13-27-18-8-5-15(11-20(18)25-2)6-9-21(23)26-3/h4-12H,13H2,1-3H3/b9-6+. The number of carbonyl (C=O) groups is 1. The Morgan fingerprint density at radius 3 is 2.64 bits per heavy atom. The third kappa shape index (κ3) is 4.40. The highest BCUT2D eigenvalue weighted by molar-refractivity contribution is 5.87. The lowest BCUT2D eigenvalue weighted by molar-refractivity contribution is -0.134. The molecule has 0 aliphatic heterocycles. The number of hydrogen-bond acceptors (Lipinski definition) is 6. The summed E-state index contributed by atoms with van der Waals surface area (Å²) in [6.07, 6.45) is 2.95. The van der Waals surface area contributed by atoms with Gasteiger partial charge >= 0.3 is 11.6 Å².